The molecule has 1 N–H and O–H groups in total. The maximum Gasteiger partial charge on any atom is 0.216 e. The van der Waals surface area contributed by atoms with Crippen molar-refractivity contribution in [3.8, 4) is 11.6 Å². The van der Waals surface area contributed by atoms with Crippen molar-refractivity contribution in [2.75, 3.05) is 20.3 Å². The van der Waals surface area contributed by atoms with Gasteiger partial charge in [-0.2, -0.15) is 0 Å². The van der Waals surface area contributed by atoms with Crippen LogP contribution in [0.4, 0.5) is 0 Å². The highest BCUT2D eigenvalue weighted by Gasteiger charge is 1.97. The molecule has 0 aliphatic heterocycles. The molecular formula is C11H18N2O2. The molecule has 4 heteroatoms. The first-order valence-electron chi connectivity index (χ1n) is 5.08. The number of hydrogen-bond donors (Lipinski definition) is 1. The van der Waals surface area contributed by atoms with E-state index in [2.05, 4.69) is 24.1 Å². The second kappa shape index (κ2) is 6.24. The molecule has 0 spiro atoms. The lowest BCUT2D eigenvalue weighted by Crippen LogP contribution is -2.27. The predicted molar refractivity (Wildman–Crippen MR) is 59.4 cm³/mol. The molecule has 0 saturated carbocycles. The highest BCUT2D eigenvalue weighted by molar-refractivity contribution is 5.25. The van der Waals surface area contributed by atoms with Crippen molar-refractivity contribution < 1.29 is 9.47 Å². The van der Waals surface area contributed by atoms with Gasteiger partial charge in [-0.15, -0.1) is 0 Å². The summed E-state index contributed by atoms with van der Waals surface area (Å²) in [4.78, 5) is 4.00. The summed E-state index contributed by atoms with van der Waals surface area (Å²) < 4.78 is 10.5. The van der Waals surface area contributed by atoms with E-state index in [0.29, 0.717) is 18.5 Å². The molecule has 1 aromatic rings. The molecule has 0 unspecified atom stereocenters. The largest absolute Gasteiger partial charge is 0.492 e. The number of aromatic nitrogens is 1. The molecule has 0 aliphatic carbocycles. The summed E-state index contributed by atoms with van der Waals surface area (Å²) in [5.74, 6) is 1.36. The monoisotopic (exact) mass is 210 g/mol. The highest BCUT2D eigenvalue weighted by atomic mass is 16.5. The van der Waals surface area contributed by atoms with Gasteiger partial charge in [0.05, 0.1) is 7.11 Å². The molecule has 4 nitrogen and oxygen atoms in total. The normalized spacial score (nSPS) is 10.4. The molecule has 0 radical (unpaired) electrons. The summed E-state index contributed by atoms with van der Waals surface area (Å²) in [6.45, 7) is 5.69. The minimum absolute atomic E-state index is 0.487. The molecule has 0 amide bonds. The van der Waals surface area contributed by atoms with E-state index in [-0.39, 0.29) is 0 Å². The topological polar surface area (TPSA) is 43.4 Å². The van der Waals surface area contributed by atoms with Crippen molar-refractivity contribution >= 4 is 0 Å². The average molecular weight is 210 g/mol. The first-order chi connectivity index (χ1) is 7.22. The summed E-state index contributed by atoms with van der Waals surface area (Å²) in [6.07, 6.45) is 1.67. The summed E-state index contributed by atoms with van der Waals surface area (Å²) >= 11 is 0. The zero-order chi connectivity index (χ0) is 11.1. The van der Waals surface area contributed by atoms with Crippen molar-refractivity contribution in [1.82, 2.24) is 10.3 Å². The van der Waals surface area contributed by atoms with Crippen LogP contribution in [0.15, 0.2) is 18.3 Å². The van der Waals surface area contributed by atoms with Crippen molar-refractivity contribution in [2.24, 2.45) is 0 Å². The molecule has 0 aromatic carbocycles. The first kappa shape index (κ1) is 11.8. The number of nitrogens with one attached hydrogen (secondary N) is 1. The maximum absolute atomic E-state index is 5.52. The van der Waals surface area contributed by atoms with Crippen molar-refractivity contribution in [1.29, 1.82) is 0 Å². The number of methoxy groups -OCH3 is 1. The van der Waals surface area contributed by atoms with E-state index in [4.69, 9.17) is 9.47 Å². The van der Waals surface area contributed by atoms with E-state index in [0.717, 1.165) is 12.3 Å². The van der Waals surface area contributed by atoms with Crippen LogP contribution in [0.3, 0.4) is 0 Å². The van der Waals surface area contributed by atoms with E-state index in [1.807, 2.05) is 6.07 Å². The van der Waals surface area contributed by atoms with Crippen molar-refractivity contribution in [2.45, 2.75) is 19.9 Å². The number of pyridine rings is 1. The molecule has 1 heterocycles. The van der Waals surface area contributed by atoms with Gasteiger partial charge in [-0.25, -0.2) is 4.98 Å². The standard InChI is InChI=1S/C11H18N2O2/c1-9(2)12-6-7-15-10-4-5-13-11(8-10)14-3/h4-5,8-9,12H,6-7H2,1-3H3. The summed E-state index contributed by atoms with van der Waals surface area (Å²) in [5.41, 5.74) is 0. The van der Waals surface area contributed by atoms with Crippen LogP contribution in [0.25, 0.3) is 0 Å². The Balaban J connectivity index is 2.30. The van der Waals surface area contributed by atoms with Gasteiger partial charge in [0.2, 0.25) is 5.88 Å². The summed E-state index contributed by atoms with van der Waals surface area (Å²) in [5, 5.41) is 3.27. The third kappa shape index (κ3) is 4.65. The van der Waals surface area contributed by atoms with Gasteiger partial charge in [0, 0.05) is 24.8 Å². The Kier molecular flexibility index (Phi) is 4.90. The first-order valence-corrected chi connectivity index (χ1v) is 5.08. The molecule has 84 valence electrons. The van der Waals surface area contributed by atoms with Crippen LogP contribution >= 0.6 is 0 Å². The van der Waals surface area contributed by atoms with Crippen LogP contribution in [-0.2, 0) is 0 Å². The fraction of sp³-hybridized carbons (Fsp3) is 0.545. The number of ether oxygens (including phenoxy) is 2. The highest BCUT2D eigenvalue weighted by Crippen LogP contribution is 2.15. The van der Waals surface area contributed by atoms with Gasteiger partial charge < -0.3 is 14.8 Å². The van der Waals surface area contributed by atoms with Gasteiger partial charge >= 0.3 is 0 Å². The molecule has 1 rings (SSSR count). The van der Waals surface area contributed by atoms with Gasteiger partial charge in [-0.3, -0.25) is 0 Å². The minimum Gasteiger partial charge on any atom is -0.492 e. The SMILES string of the molecule is COc1cc(OCCNC(C)C)ccn1. The third-order valence-corrected chi connectivity index (χ3v) is 1.84. The van der Waals surface area contributed by atoms with Gasteiger partial charge in [0.15, 0.2) is 0 Å². The van der Waals surface area contributed by atoms with Crippen LogP contribution in [0.2, 0.25) is 0 Å². The second-order valence-corrected chi connectivity index (χ2v) is 3.49. The Morgan fingerprint density at radius 2 is 2.27 bits per heavy atom. The van der Waals surface area contributed by atoms with Crippen LogP contribution in [0, 0.1) is 0 Å². The minimum atomic E-state index is 0.487. The van der Waals surface area contributed by atoms with Crippen LogP contribution in [0.1, 0.15) is 13.8 Å². The fourth-order valence-electron chi connectivity index (χ4n) is 1.11. The Bertz CT molecular complexity index is 290. The van der Waals surface area contributed by atoms with E-state index in [1.165, 1.54) is 0 Å². The van der Waals surface area contributed by atoms with Crippen molar-refractivity contribution in [3.05, 3.63) is 18.3 Å². The van der Waals surface area contributed by atoms with E-state index < -0.39 is 0 Å². The lowest BCUT2D eigenvalue weighted by Gasteiger charge is -2.09. The number of nitrogens with zero attached hydrogens (tertiary/aromatic N) is 1. The Morgan fingerprint density at radius 3 is 2.93 bits per heavy atom. The quantitative estimate of drug-likeness (QED) is 0.722. The zero-order valence-electron chi connectivity index (χ0n) is 9.49. The molecule has 0 fully saturated rings. The Hall–Kier alpha value is -1.29. The lowest BCUT2D eigenvalue weighted by molar-refractivity contribution is 0.305. The second-order valence-electron chi connectivity index (χ2n) is 3.49. The van der Waals surface area contributed by atoms with Gasteiger partial charge in [0.1, 0.15) is 12.4 Å². The summed E-state index contributed by atoms with van der Waals surface area (Å²) in [7, 11) is 1.59. The van der Waals surface area contributed by atoms with Gasteiger partial charge in [-0.1, -0.05) is 13.8 Å². The number of rotatable bonds is 6. The smallest absolute Gasteiger partial charge is 0.216 e. The van der Waals surface area contributed by atoms with Gasteiger partial charge in [-0.05, 0) is 6.07 Å². The third-order valence-electron chi connectivity index (χ3n) is 1.84. The maximum atomic E-state index is 5.52. The van der Waals surface area contributed by atoms with Crippen LogP contribution in [0.5, 0.6) is 11.6 Å². The predicted octanol–water partition coefficient (Wildman–Crippen LogP) is 1.47. The van der Waals surface area contributed by atoms with E-state index >= 15 is 0 Å². The molecular weight excluding hydrogens is 192 g/mol. The Morgan fingerprint density at radius 1 is 1.47 bits per heavy atom. The molecule has 0 bridgehead atoms. The Labute approximate surface area is 90.6 Å². The van der Waals surface area contributed by atoms with Crippen LogP contribution in [-0.4, -0.2) is 31.3 Å². The molecule has 0 aliphatic rings. The number of hydrogen-bond acceptors (Lipinski definition) is 4. The zero-order valence-corrected chi connectivity index (χ0v) is 9.49. The fourth-order valence-corrected chi connectivity index (χ4v) is 1.11. The van der Waals surface area contributed by atoms with E-state index in [1.54, 1.807) is 19.4 Å². The van der Waals surface area contributed by atoms with Crippen LogP contribution < -0.4 is 14.8 Å². The van der Waals surface area contributed by atoms with Gasteiger partial charge in [0.25, 0.3) is 0 Å². The summed E-state index contributed by atoms with van der Waals surface area (Å²) in [6, 6.07) is 4.08. The molecule has 15 heavy (non-hydrogen) atoms. The molecule has 1 aromatic heterocycles. The molecule has 0 saturated heterocycles. The van der Waals surface area contributed by atoms with Crippen molar-refractivity contribution in [3.63, 3.8) is 0 Å². The average Bonchev–Trinajstić information content (AvgIpc) is 2.24. The molecule has 0 atom stereocenters. The van der Waals surface area contributed by atoms with E-state index in [9.17, 15) is 0 Å². The lowest BCUT2D eigenvalue weighted by atomic mass is 10.4.